The van der Waals surface area contributed by atoms with Crippen LogP contribution in [0.2, 0.25) is 0 Å². The molecule has 7 heteroatoms. The lowest BCUT2D eigenvalue weighted by atomic mass is 10.1. The molecule has 6 nitrogen and oxygen atoms in total. The topological polar surface area (TPSA) is 62.5 Å². The molecule has 0 bridgehead atoms. The van der Waals surface area contributed by atoms with Crippen molar-refractivity contribution in [2.45, 2.75) is 6.42 Å². The van der Waals surface area contributed by atoms with E-state index in [0.29, 0.717) is 22.4 Å². The maximum Gasteiger partial charge on any atom is 0.282 e. The van der Waals surface area contributed by atoms with E-state index < -0.39 is 0 Å². The minimum absolute atomic E-state index is 0.168. The summed E-state index contributed by atoms with van der Waals surface area (Å²) in [6.07, 6.45) is 0.985. The summed E-state index contributed by atoms with van der Waals surface area (Å²) in [6.45, 7) is 1.76. The highest BCUT2D eigenvalue weighted by Gasteiger charge is 2.13. The van der Waals surface area contributed by atoms with Crippen molar-refractivity contribution in [2.75, 3.05) is 32.5 Å². The maximum atomic E-state index is 13.1. The highest BCUT2D eigenvalue weighted by molar-refractivity contribution is 9.10. The van der Waals surface area contributed by atoms with Gasteiger partial charge in [0, 0.05) is 21.8 Å². The maximum absolute atomic E-state index is 13.1. The fraction of sp³-hybridized carbons (Fsp3) is 0.250. The van der Waals surface area contributed by atoms with Crippen LogP contribution in [0.4, 0.5) is 5.82 Å². The Morgan fingerprint density at radius 3 is 2.67 bits per heavy atom. The molecule has 0 spiro atoms. The molecule has 0 radical (unpaired) electrons. The molecule has 2 heterocycles. The van der Waals surface area contributed by atoms with Crippen molar-refractivity contribution in [3.63, 3.8) is 0 Å². The van der Waals surface area contributed by atoms with Crippen LogP contribution in [0, 0.1) is 0 Å². The van der Waals surface area contributed by atoms with Gasteiger partial charge in [0.05, 0.1) is 10.9 Å². The van der Waals surface area contributed by atoms with Crippen LogP contribution in [-0.2, 0) is 0 Å². The van der Waals surface area contributed by atoms with Crippen LogP contribution >= 0.6 is 15.9 Å². The Bertz CT molecular complexity index is 1200. The molecule has 0 saturated heterocycles. The van der Waals surface area contributed by atoms with E-state index >= 15 is 0 Å². The van der Waals surface area contributed by atoms with Gasteiger partial charge in [-0.05, 0) is 45.3 Å². The normalized spacial score (nSPS) is 11.7. The fourth-order valence-corrected chi connectivity index (χ4v) is 3.55. The van der Waals surface area contributed by atoms with Crippen LogP contribution < -0.4 is 10.9 Å². The molecule has 0 fully saturated rings. The molecule has 0 saturated carbocycles. The molecule has 0 aliphatic rings. The van der Waals surface area contributed by atoms with Gasteiger partial charge in [-0.1, -0.05) is 40.2 Å². The SMILES string of the molecule is CN(C)CCCNc1nn2c(=O)c3cc(Br)ccc3nc2c2ccccc12. The van der Waals surface area contributed by atoms with Crippen molar-refractivity contribution < 1.29 is 0 Å². The highest BCUT2D eigenvalue weighted by Crippen LogP contribution is 2.25. The number of nitrogens with one attached hydrogen (secondary N) is 1. The number of aromatic nitrogens is 3. The number of nitrogens with zero attached hydrogens (tertiary/aromatic N) is 4. The molecular weight excluding hydrogens is 406 g/mol. The van der Waals surface area contributed by atoms with Crippen LogP contribution in [0.15, 0.2) is 51.7 Å². The number of hydrogen-bond acceptors (Lipinski definition) is 5. The first kappa shape index (κ1) is 17.9. The van der Waals surface area contributed by atoms with Gasteiger partial charge in [-0.3, -0.25) is 4.79 Å². The third-order valence-electron chi connectivity index (χ3n) is 4.51. The van der Waals surface area contributed by atoms with E-state index in [4.69, 9.17) is 4.98 Å². The zero-order chi connectivity index (χ0) is 19.0. The van der Waals surface area contributed by atoms with Gasteiger partial charge in [-0.2, -0.15) is 4.52 Å². The number of rotatable bonds is 5. The van der Waals surface area contributed by atoms with Gasteiger partial charge in [-0.15, -0.1) is 5.10 Å². The summed E-state index contributed by atoms with van der Waals surface area (Å²) < 4.78 is 2.25. The van der Waals surface area contributed by atoms with Crippen LogP contribution in [0.25, 0.3) is 27.3 Å². The van der Waals surface area contributed by atoms with Crippen molar-refractivity contribution in [1.29, 1.82) is 0 Å². The van der Waals surface area contributed by atoms with Crippen LogP contribution in [-0.4, -0.2) is 46.7 Å². The molecule has 1 N–H and O–H groups in total. The first-order valence-electron chi connectivity index (χ1n) is 8.84. The van der Waals surface area contributed by atoms with Crippen molar-refractivity contribution in [1.82, 2.24) is 19.5 Å². The molecule has 27 heavy (non-hydrogen) atoms. The molecule has 0 unspecified atom stereocenters. The first-order valence-corrected chi connectivity index (χ1v) is 9.63. The van der Waals surface area contributed by atoms with Gasteiger partial charge in [0.1, 0.15) is 0 Å². The third-order valence-corrected chi connectivity index (χ3v) is 5.00. The molecule has 4 rings (SSSR count). The number of anilines is 1. The second-order valence-electron chi connectivity index (χ2n) is 6.79. The number of fused-ring (bicyclic) bond motifs is 4. The molecule has 2 aromatic heterocycles. The van der Waals surface area contributed by atoms with E-state index in [1.54, 1.807) is 6.07 Å². The zero-order valence-corrected chi connectivity index (χ0v) is 16.8. The van der Waals surface area contributed by atoms with E-state index in [9.17, 15) is 4.79 Å². The summed E-state index contributed by atoms with van der Waals surface area (Å²) in [5, 5.41) is 10.4. The minimum Gasteiger partial charge on any atom is -0.368 e. The number of halogens is 1. The van der Waals surface area contributed by atoms with Gasteiger partial charge >= 0.3 is 0 Å². The predicted molar refractivity (Wildman–Crippen MR) is 114 cm³/mol. The fourth-order valence-electron chi connectivity index (χ4n) is 3.19. The molecule has 0 aliphatic heterocycles. The van der Waals surface area contributed by atoms with E-state index in [1.165, 1.54) is 4.52 Å². The molecule has 0 atom stereocenters. The lowest BCUT2D eigenvalue weighted by Crippen LogP contribution is -2.21. The zero-order valence-electron chi connectivity index (χ0n) is 15.2. The van der Waals surface area contributed by atoms with Gasteiger partial charge in [-0.25, -0.2) is 4.98 Å². The Morgan fingerprint density at radius 2 is 1.89 bits per heavy atom. The molecule has 138 valence electrons. The van der Waals surface area contributed by atoms with Crippen LogP contribution in [0.3, 0.4) is 0 Å². The first-order chi connectivity index (χ1) is 13.0. The van der Waals surface area contributed by atoms with E-state index in [1.807, 2.05) is 36.4 Å². The van der Waals surface area contributed by atoms with E-state index in [-0.39, 0.29) is 5.56 Å². The second-order valence-corrected chi connectivity index (χ2v) is 7.71. The Labute approximate surface area is 164 Å². The second kappa shape index (κ2) is 7.25. The number of benzene rings is 2. The third kappa shape index (κ3) is 3.40. The summed E-state index contributed by atoms with van der Waals surface area (Å²) in [6, 6.07) is 13.4. The molecule has 2 aromatic carbocycles. The van der Waals surface area contributed by atoms with Gasteiger partial charge in [0.2, 0.25) is 0 Å². The minimum atomic E-state index is -0.168. The van der Waals surface area contributed by atoms with E-state index in [0.717, 1.165) is 34.8 Å². The molecule has 0 amide bonds. The standard InChI is InChI=1S/C20H20BrN5O/c1-25(2)11-5-10-22-18-14-6-3-4-7-15(14)19-23-17-9-8-13(21)12-16(17)20(27)26(19)24-18/h3-4,6-9,12H,5,10-11H2,1-2H3,(H,22,24). The Balaban J connectivity index is 1.91. The van der Waals surface area contributed by atoms with Crippen molar-refractivity contribution >= 4 is 49.1 Å². The number of hydrogen-bond donors (Lipinski definition) is 1. The smallest absolute Gasteiger partial charge is 0.282 e. The van der Waals surface area contributed by atoms with E-state index in [2.05, 4.69) is 45.3 Å². The van der Waals surface area contributed by atoms with Gasteiger partial charge in [0.15, 0.2) is 11.5 Å². The molecular formula is C20H20BrN5O. The quantitative estimate of drug-likeness (QED) is 0.301. The average molecular weight is 426 g/mol. The Hall–Kier alpha value is -2.51. The Kier molecular flexibility index (Phi) is 4.80. The summed E-state index contributed by atoms with van der Waals surface area (Å²) in [4.78, 5) is 19.9. The van der Waals surface area contributed by atoms with Crippen LogP contribution in [0.1, 0.15) is 6.42 Å². The van der Waals surface area contributed by atoms with Gasteiger partial charge < -0.3 is 10.2 Å². The summed E-state index contributed by atoms with van der Waals surface area (Å²) in [5.41, 5.74) is 1.07. The van der Waals surface area contributed by atoms with Crippen molar-refractivity contribution in [3.8, 4) is 0 Å². The predicted octanol–water partition coefficient (Wildman–Crippen LogP) is 3.52. The van der Waals surface area contributed by atoms with Crippen molar-refractivity contribution in [2.24, 2.45) is 0 Å². The summed E-state index contributed by atoms with van der Waals surface area (Å²) in [7, 11) is 4.11. The highest BCUT2D eigenvalue weighted by atomic mass is 79.9. The summed E-state index contributed by atoms with van der Waals surface area (Å²) in [5.74, 6) is 0.704. The monoisotopic (exact) mass is 425 g/mol. The summed E-state index contributed by atoms with van der Waals surface area (Å²) >= 11 is 3.43. The largest absolute Gasteiger partial charge is 0.368 e. The Morgan fingerprint density at radius 1 is 1.11 bits per heavy atom. The van der Waals surface area contributed by atoms with Gasteiger partial charge in [0.25, 0.3) is 5.56 Å². The molecule has 4 aromatic rings. The lowest BCUT2D eigenvalue weighted by Gasteiger charge is -2.13. The average Bonchev–Trinajstić information content (AvgIpc) is 2.66. The molecule has 0 aliphatic carbocycles. The lowest BCUT2D eigenvalue weighted by molar-refractivity contribution is 0.405. The van der Waals surface area contributed by atoms with Crippen LogP contribution in [0.5, 0.6) is 0 Å². The van der Waals surface area contributed by atoms with Crippen molar-refractivity contribution in [3.05, 3.63) is 57.3 Å².